The molecule has 0 N–H and O–H groups in total. The van der Waals surface area contributed by atoms with Crippen molar-refractivity contribution < 1.29 is 70.7 Å². The van der Waals surface area contributed by atoms with Crippen molar-refractivity contribution in [1.29, 1.82) is 0 Å². The van der Waals surface area contributed by atoms with Gasteiger partial charge in [0.2, 0.25) is 0 Å². The highest BCUT2D eigenvalue weighted by Gasteiger charge is 2.93. The summed E-state index contributed by atoms with van der Waals surface area (Å²) in [5.41, 5.74) is 0. The van der Waals surface area contributed by atoms with Crippen LogP contribution in [-0.4, -0.2) is 52.6 Å². The van der Waals surface area contributed by atoms with Gasteiger partial charge in [-0.05, 0) is 5.75 Å². The summed E-state index contributed by atoms with van der Waals surface area (Å²) in [7, 11) is 0. The summed E-state index contributed by atoms with van der Waals surface area (Å²) in [6, 6.07) is 0. The van der Waals surface area contributed by atoms with Gasteiger partial charge in [0.15, 0.2) is 0 Å². The lowest BCUT2D eigenvalue weighted by Crippen LogP contribution is -2.73. The minimum Gasteiger partial charge on any atom is -0.280 e. The predicted octanol–water partition coefficient (Wildman–Crippen LogP) is 5.64. The molecule has 0 rings (SSSR count). The molecule has 162 valence electrons. The average Bonchev–Trinajstić information content (AvgIpc) is 2.45. The van der Waals surface area contributed by atoms with Crippen LogP contribution in [0.5, 0.6) is 0 Å². The Labute approximate surface area is 143 Å². The number of alkyl halides is 15. The number of halogens is 15. The second kappa shape index (κ2) is 6.79. The van der Waals surface area contributed by atoms with Crippen LogP contribution < -0.4 is 0 Å². The molecule has 0 unspecified atom stereocenters. The maximum atomic E-state index is 13.2. The molecule has 17 heteroatoms. The van der Waals surface area contributed by atoms with E-state index in [1.165, 1.54) is 0 Å². The fourth-order valence-corrected chi connectivity index (χ4v) is 1.89. The molecule has 1 nitrogen and oxygen atoms in total. The van der Waals surface area contributed by atoms with E-state index in [2.05, 4.69) is 0 Å². The van der Waals surface area contributed by atoms with E-state index in [0.29, 0.717) is 0 Å². The van der Waals surface area contributed by atoms with E-state index in [1.807, 2.05) is 0 Å². The van der Waals surface area contributed by atoms with Gasteiger partial charge in [0.1, 0.15) is 0 Å². The fourth-order valence-electron chi connectivity index (χ4n) is 1.32. The van der Waals surface area contributed by atoms with Crippen LogP contribution in [0.1, 0.15) is 6.92 Å². The molecule has 0 fully saturated rings. The molecule has 0 heterocycles. The van der Waals surface area contributed by atoms with Crippen molar-refractivity contribution in [2.75, 3.05) is 5.75 Å². The number of carbonyl (C=O) groups is 1. The van der Waals surface area contributed by atoms with Gasteiger partial charge in [-0.25, -0.2) is 0 Å². The van der Waals surface area contributed by atoms with Gasteiger partial charge >= 0.3 is 41.7 Å². The molecule has 0 aliphatic rings. The summed E-state index contributed by atoms with van der Waals surface area (Å²) < 4.78 is 191. The van der Waals surface area contributed by atoms with Crippen molar-refractivity contribution in [3.63, 3.8) is 0 Å². The summed E-state index contributed by atoms with van der Waals surface area (Å²) in [6.07, 6.45) is -7.65. The van der Waals surface area contributed by atoms with Crippen LogP contribution in [-0.2, 0) is 4.79 Å². The Bertz CT molecular complexity index is 563. The largest absolute Gasteiger partial charge is 0.460 e. The summed E-state index contributed by atoms with van der Waals surface area (Å²) >= 11 is -0.854. The molecule has 27 heavy (non-hydrogen) atoms. The van der Waals surface area contributed by atoms with Gasteiger partial charge < -0.3 is 0 Å². The summed E-state index contributed by atoms with van der Waals surface area (Å²) in [6.45, 7) is 0.807. The molecule has 0 aromatic carbocycles. The van der Waals surface area contributed by atoms with Crippen LogP contribution in [0.4, 0.5) is 65.9 Å². The zero-order valence-electron chi connectivity index (χ0n) is 12.2. The third kappa shape index (κ3) is 3.43. The highest BCUT2D eigenvalue weighted by Crippen LogP contribution is 2.62. The summed E-state index contributed by atoms with van der Waals surface area (Å²) in [5, 5.41) is -3.24. The molecule has 0 aromatic rings. The first-order valence-electron chi connectivity index (χ1n) is 5.99. The third-order valence-corrected chi connectivity index (χ3v) is 3.67. The molecular weight excluding hydrogens is 453 g/mol. The van der Waals surface area contributed by atoms with Crippen molar-refractivity contribution in [2.45, 2.75) is 48.6 Å². The van der Waals surface area contributed by atoms with Crippen LogP contribution >= 0.6 is 11.8 Å². The minimum absolute atomic E-state index is 0.807. The highest BCUT2D eigenvalue weighted by atomic mass is 32.2. The second-order valence-electron chi connectivity index (χ2n) is 4.66. The summed E-state index contributed by atoms with van der Waals surface area (Å²) in [4.78, 5) is 10.7. The van der Waals surface area contributed by atoms with Gasteiger partial charge in [-0.2, -0.15) is 65.9 Å². The Morgan fingerprint density at radius 1 is 0.593 bits per heavy atom. The van der Waals surface area contributed by atoms with E-state index in [-0.39, 0.29) is 0 Å². The smallest absolute Gasteiger partial charge is 0.280 e. The Hall–Kier alpha value is -1.03. The first-order valence-corrected chi connectivity index (χ1v) is 6.97. The minimum atomic E-state index is -8.37. The maximum Gasteiger partial charge on any atom is 0.460 e. The van der Waals surface area contributed by atoms with Gasteiger partial charge in [0, 0.05) is 0 Å². The third-order valence-electron chi connectivity index (χ3n) is 2.86. The number of rotatable bonds is 7. The van der Waals surface area contributed by atoms with Crippen molar-refractivity contribution in [1.82, 2.24) is 0 Å². The summed E-state index contributed by atoms with van der Waals surface area (Å²) in [5.74, 6) is -48.3. The zero-order chi connectivity index (χ0) is 22.5. The topological polar surface area (TPSA) is 17.1 Å². The first-order chi connectivity index (χ1) is 11.5. The van der Waals surface area contributed by atoms with Crippen molar-refractivity contribution in [3.05, 3.63) is 0 Å². The first kappa shape index (κ1) is 26.0. The average molecular weight is 458 g/mol. The van der Waals surface area contributed by atoms with E-state index in [1.54, 1.807) is 0 Å². The Balaban J connectivity index is 6.51. The van der Waals surface area contributed by atoms with Crippen LogP contribution in [0, 0.1) is 0 Å². The Kier molecular flexibility index (Phi) is 6.53. The molecule has 0 amide bonds. The lowest BCUT2D eigenvalue weighted by molar-refractivity contribution is -0.449. The molecule has 0 aliphatic heterocycles. The van der Waals surface area contributed by atoms with Crippen LogP contribution in [0.25, 0.3) is 0 Å². The number of hydrogen-bond acceptors (Lipinski definition) is 2. The van der Waals surface area contributed by atoms with E-state index in [0.717, 1.165) is 6.92 Å². The molecule has 0 bridgehead atoms. The number of carbonyl (C=O) groups excluding carboxylic acids is 1. The highest BCUT2D eigenvalue weighted by molar-refractivity contribution is 8.13. The maximum absolute atomic E-state index is 13.2. The number of hydrogen-bond donors (Lipinski definition) is 0. The zero-order valence-corrected chi connectivity index (χ0v) is 13.0. The van der Waals surface area contributed by atoms with Gasteiger partial charge in [0.05, 0.1) is 0 Å². The number of thioether (sulfide) groups is 1. The molecule has 0 aliphatic carbocycles. The van der Waals surface area contributed by atoms with Crippen molar-refractivity contribution in [3.8, 4) is 0 Å². The van der Waals surface area contributed by atoms with E-state index in [9.17, 15) is 70.7 Å². The quantitative estimate of drug-likeness (QED) is 0.460. The normalized spacial score (nSPS) is 15.9. The van der Waals surface area contributed by atoms with Gasteiger partial charge in [-0.3, -0.25) is 4.79 Å². The monoisotopic (exact) mass is 458 g/mol. The SMILES string of the molecule is CCSC(=O)C(F)(F)C(F)(F)C(F)(F)C(F)(F)C(F)(F)C(F)(F)C(F)(F)F. The van der Waals surface area contributed by atoms with Crippen LogP contribution in [0.3, 0.4) is 0 Å². The van der Waals surface area contributed by atoms with Gasteiger partial charge in [-0.1, -0.05) is 18.7 Å². The van der Waals surface area contributed by atoms with Crippen molar-refractivity contribution in [2.24, 2.45) is 0 Å². The molecule has 0 radical (unpaired) electrons. The molecular formula is C10H5F15OS. The molecule has 0 saturated heterocycles. The predicted molar refractivity (Wildman–Crippen MR) is 58.9 cm³/mol. The van der Waals surface area contributed by atoms with Gasteiger partial charge in [0.25, 0.3) is 5.12 Å². The fraction of sp³-hybridized carbons (Fsp3) is 0.900. The van der Waals surface area contributed by atoms with Crippen molar-refractivity contribution >= 4 is 16.9 Å². The van der Waals surface area contributed by atoms with E-state index >= 15 is 0 Å². The van der Waals surface area contributed by atoms with Crippen LogP contribution in [0.15, 0.2) is 0 Å². The Morgan fingerprint density at radius 2 is 0.889 bits per heavy atom. The Morgan fingerprint density at radius 3 is 1.19 bits per heavy atom. The molecule has 0 atom stereocenters. The lowest BCUT2D eigenvalue weighted by Gasteiger charge is -2.41. The van der Waals surface area contributed by atoms with Crippen LogP contribution in [0.2, 0.25) is 0 Å². The van der Waals surface area contributed by atoms with E-state index < -0.39 is 64.3 Å². The van der Waals surface area contributed by atoms with E-state index in [4.69, 9.17) is 0 Å². The second-order valence-corrected chi connectivity index (χ2v) is 5.90. The molecule has 0 saturated carbocycles. The lowest BCUT2D eigenvalue weighted by atomic mass is 9.91. The molecule has 0 aromatic heterocycles. The standard InChI is InChI=1S/C10H5F15OS/c1-2-27-3(26)4(11,12)5(13,14)6(15,16)7(17,18)8(19,20)9(21,22)10(23,24)25/h2H2,1H3. The molecule has 0 spiro atoms. The van der Waals surface area contributed by atoms with Gasteiger partial charge in [-0.15, -0.1) is 0 Å².